The molecule has 27 heavy (non-hydrogen) atoms. The van der Waals surface area contributed by atoms with Gasteiger partial charge in [0, 0.05) is 31.4 Å². The van der Waals surface area contributed by atoms with Crippen molar-refractivity contribution in [1.82, 2.24) is 14.9 Å². The predicted octanol–water partition coefficient (Wildman–Crippen LogP) is 3.61. The molecule has 2 aromatic rings. The van der Waals surface area contributed by atoms with Gasteiger partial charge in [-0.25, -0.2) is 4.98 Å². The molecule has 146 valence electrons. The Morgan fingerprint density at radius 2 is 1.85 bits per heavy atom. The van der Waals surface area contributed by atoms with Crippen LogP contribution in [-0.4, -0.2) is 55.1 Å². The first-order valence-corrected chi connectivity index (χ1v) is 10.1. The summed E-state index contributed by atoms with van der Waals surface area (Å²) in [4.78, 5) is 14.0. The van der Waals surface area contributed by atoms with Crippen LogP contribution in [0.2, 0.25) is 0 Å². The third kappa shape index (κ3) is 6.21. The van der Waals surface area contributed by atoms with E-state index in [1.165, 1.54) is 24.8 Å². The van der Waals surface area contributed by atoms with Gasteiger partial charge in [0.25, 0.3) is 0 Å². The summed E-state index contributed by atoms with van der Waals surface area (Å²) < 4.78 is 0. The first-order valence-electron chi connectivity index (χ1n) is 10.1. The molecule has 0 spiro atoms. The number of piperidine rings is 1. The highest BCUT2D eigenvalue weighted by Crippen LogP contribution is 2.24. The second kappa shape index (κ2) is 9.70. The lowest BCUT2D eigenvalue weighted by Crippen LogP contribution is -2.35. The SMILES string of the molecule is Cc1cc(NCCCN(C)C)nc(N2CCC(Cc3ccccc3)CC2)n1. The van der Waals surface area contributed by atoms with E-state index in [4.69, 9.17) is 4.98 Å². The Labute approximate surface area is 163 Å². The fraction of sp³-hybridized carbons (Fsp3) is 0.545. The number of rotatable bonds is 8. The highest BCUT2D eigenvalue weighted by Gasteiger charge is 2.21. The zero-order valence-electron chi connectivity index (χ0n) is 17.0. The van der Waals surface area contributed by atoms with Crippen LogP contribution in [0.4, 0.5) is 11.8 Å². The van der Waals surface area contributed by atoms with Gasteiger partial charge in [-0.1, -0.05) is 30.3 Å². The first kappa shape index (κ1) is 19.6. The van der Waals surface area contributed by atoms with Crippen molar-refractivity contribution in [2.75, 3.05) is 50.5 Å². The maximum Gasteiger partial charge on any atom is 0.227 e. The summed E-state index contributed by atoms with van der Waals surface area (Å²) in [5, 5.41) is 3.46. The van der Waals surface area contributed by atoms with Crippen LogP contribution < -0.4 is 10.2 Å². The van der Waals surface area contributed by atoms with E-state index in [2.05, 4.69) is 71.5 Å². The van der Waals surface area contributed by atoms with Crippen molar-refractivity contribution in [3.8, 4) is 0 Å². The lowest BCUT2D eigenvalue weighted by atomic mass is 9.90. The van der Waals surface area contributed by atoms with Gasteiger partial charge in [-0.3, -0.25) is 0 Å². The Morgan fingerprint density at radius 1 is 1.11 bits per heavy atom. The van der Waals surface area contributed by atoms with Gasteiger partial charge in [-0.15, -0.1) is 0 Å². The zero-order valence-corrected chi connectivity index (χ0v) is 17.0. The summed E-state index contributed by atoms with van der Waals surface area (Å²) in [5.41, 5.74) is 2.48. The van der Waals surface area contributed by atoms with E-state index in [1.54, 1.807) is 0 Å². The molecule has 0 bridgehead atoms. The maximum absolute atomic E-state index is 4.77. The molecule has 1 aromatic heterocycles. The Kier molecular flexibility index (Phi) is 7.04. The number of aromatic nitrogens is 2. The van der Waals surface area contributed by atoms with Crippen molar-refractivity contribution in [1.29, 1.82) is 0 Å². The minimum absolute atomic E-state index is 0.761. The summed E-state index contributed by atoms with van der Waals surface area (Å²) in [6.45, 7) is 6.16. The summed E-state index contributed by atoms with van der Waals surface area (Å²) in [5.74, 6) is 2.59. The summed E-state index contributed by atoms with van der Waals surface area (Å²) in [7, 11) is 4.21. The largest absolute Gasteiger partial charge is 0.370 e. The molecule has 0 aliphatic carbocycles. The van der Waals surface area contributed by atoms with E-state index in [0.717, 1.165) is 56.0 Å². The van der Waals surface area contributed by atoms with Crippen LogP contribution in [0.5, 0.6) is 0 Å². The topological polar surface area (TPSA) is 44.3 Å². The van der Waals surface area contributed by atoms with Crippen molar-refractivity contribution >= 4 is 11.8 Å². The highest BCUT2D eigenvalue weighted by molar-refractivity contribution is 5.43. The van der Waals surface area contributed by atoms with Crippen molar-refractivity contribution in [2.24, 2.45) is 5.92 Å². The van der Waals surface area contributed by atoms with Crippen molar-refractivity contribution in [3.05, 3.63) is 47.7 Å². The lowest BCUT2D eigenvalue weighted by Gasteiger charge is -2.32. The van der Waals surface area contributed by atoms with Gasteiger partial charge in [-0.2, -0.15) is 4.98 Å². The lowest BCUT2D eigenvalue weighted by molar-refractivity contribution is 0.400. The molecule has 5 nitrogen and oxygen atoms in total. The van der Waals surface area contributed by atoms with Gasteiger partial charge in [0.2, 0.25) is 5.95 Å². The molecule has 0 unspecified atom stereocenters. The fourth-order valence-corrected chi connectivity index (χ4v) is 3.68. The number of anilines is 2. The number of aryl methyl sites for hydroxylation is 1. The molecule has 0 amide bonds. The van der Waals surface area contributed by atoms with E-state index in [1.807, 2.05) is 6.07 Å². The van der Waals surface area contributed by atoms with Crippen LogP contribution in [0.15, 0.2) is 36.4 Å². The number of hydrogen-bond acceptors (Lipinski definition) is 5. The maximum atomic E-state index is 4.77. The Balaban J connectivity index is 1.52. The molecule has 3 rings (SSSR count). The minimum atomic E-state index is 0.761. The van der Waals surface area contributed by atoms with Crippen LogP contribution in [-0.2, 0) is 6.42 Å². The van der Waals surface area contributed by atoms with Crippen LogP contribution in [0.25, 0.3) is 0 Å². The number of benzene rings is 1. The van der Waals surface area contributed by atoms with Crippen molar-refractivity contribution in [3.63, 3.8) is 0 Å². The van der Waals surface area contributed by atoms with E-state index in [-0.39, 0.29) is 0 Å². The van der Waals surface area contributed by atoms with Gasteiger partial charge in [0.1, 0.15) is 5.82 Å². The third-order valence-electron chi connectivity index (χ3n) is 5.20. The van der Waals surface area contributed by atoms with Crippen LogP contribution in [0, 0.1) is 12.8 Å². The Bertz CT molecular complexity index is 693. The Hall–Kier alpha value is -2.14. The minimum Gasteiger partial charge on any atom is -0.370 e. The summed E-state index contributed by atoms with van der Waals surface area (Å²) >= 11 is 0. The molecular weight excluding hydrogens is 334 g/mol. The number of hydrogen-bond donors (Lipinski definition) is 1. The second-order valence-electron chi connectivity index (χ2n) is 7.90. The van der Waals surface area contributed by atoms with E-state index in [0.29, 0.717) is 0 Å². The summed E-state index contributed by atoms with van der Waals surface area (Å²) in [6.07, 6.45) is 4.70. The molecule has 0 radical (unpaired) electrons. The number of nitrogens with one attached hydrogen (secondary N) is 1. The summed E-state index contributed by atoms with van der Waals surface area (Å²) in [6, 6.07) is 12.9. The van der Waals surface area contributed by atoms with Crippen molar-refractivity contribution < 1.29 is 0 Å². The van der Waals surface area contributed by atoms with Crippen LogP contribution in [0.3, 0.4) is 0 Å². The molecule has 1 N–H and O–H groups in total. The van der Waals surface area contributed by atoms with E-state index in [9.17, 15) is 0 Å². The molecule has 1 fully saturated rings. The van der Waals surface area contributed by atoms with Gasteiger partial charge in [0.15, 0.2) is 0 Å². The monoisotopic (exact) mass is 367 g/mol. The third-order valence-corrected chi connectivity index (χ3v) is 5.20. The first-order chi connectivity index (χ1) is 13.1. The molecule has 1 aromatic carbocycles. The smallest absolute Gasteiger partial charge is 0.227 e. The average Bonchev–Trinajstić information content (AvgIpc) is 2.66. The van der Waals surface area contributed by atoms with Gasteiger partial charge < -0.3 is 15.1 Å². The standard InChI is InChI=1S/C22H33N5/c1-18-16-21(23-12-7-13-26(2)3)25-22(24-18)27-14-10-20(11-15-27)17-19-8-5-4-6-9-19/h4-6,8-9,16,20H,7,10-15,17H2,1-3H3,(H,23,24,25). The quantitative estimate of drug-likeness (QED) is 0.722. The normalized spacial score (nSPS) is 15.3. The molecule has 1 aliphatic rings. The zero-order chi connectivity index (χ0) is 19.1. The van der Waals surface area contributed by atoms with Crippen LogP contribution >= 0.6 is 0 Å². The average molecular weight is 368 g/mol. The predicted molar refractivity (Wildman–Crippen MR) is 114 cm³/mol. The van der Waals surface area contributed by atoms with E-state index < -0.39 is 0 Å². The van der Waals surface area contributed by atoms with Gasteiger partial charge in [0.05, 0.1) is 0 Å². The molecule has 1 aliphatic heterocycles. The molecule has 5 heteroatoms. The second-order valence-corrected chi connectivity index (χ2v) is 7.90. The molecule has 0 saturated carbocycles. The molecular formula is C22H33N5. The van der Waals surface area contributed by atoms with Gasteiger partial charge >= 0.3 is 0 Å². The molecule has 0 atom stereocenters. The van der Waals surface area contributed by atoms with E-state index >= 15 is 0 Å². The number of nitrogens with zero attached hydrogens (tertiary/aromatic N) is 4. The molecule has 2 heterocycles. The molecule has 1 saturated heterocycles. The highest BCUT2D eigenvalue weighted by atomic mass is 15.3. The Morgan fingerprint density at radius 3 is 2.56 bits per heavy atom. The van der Waals surface area contributed by atoms with Crippen molar-refractivity contribution in [2.45, 2.75) is 32.6 Å². The fourth-order valence-electron chi connectivity index (χ4n) is 3.68. The van der Waals surface area contributed by atoms with Crippen LogP contribution in [0.1, 0.15) is 30.5 Å². The van der Waals surface area contributed by atoms with Gasteiger partial charge in [-0.05, 0) is 64.7 Å².